The number of carbonyl (C=O) groups is 1. The SMILES string of the molecule is COC(=O)COc1ccc2cc(-c3nn[nH]n3)ccc2c1. The Morgan fingerprint density at radius 1 is 1.19 bits per heavy atom. The molecule has 7 heteroatoms. The maximum absolute atomic E-state index is 11.1. The summed E-state index contributed by atoms with van der Waals surface area (Å²) in [7, 11) is 1.32. The molecule has 0 radical (unpaired) electrons. The summed E-state index contributed by atoms with van der Waals surface area (Å²) in [5.41, 5.74) is 0.875. The van der Waals surface area contributed by atoms with Crippen LogP contribution in [0.4, 0.5) is 0 Å². The first kappa shape index (κ1) is 13.0. The molecule has 3 rings (SSSR count). The summed E-state index contributed by atoms with van der Waals surface area (Å²) < 4.78 is 9.88. The molecule has 0 saturated carbocycles. The molecule has 3 aromatic rings. The molecule has 0 aliphatic rings. The van der Waals surface area contributed by atoms with Gasteiger partial charge in [0, 0.05) is 5.56 Å². The van der Waals surface area contributed by atoms with E-state index in [0.29, 0.717) is 11.6 Å². The van der Waals surface area contributed by atoms with Gasteiger partial charge in [-0.2, -0.15) is 5.21 Å². The van der Waals surface area contributed by atoms with Gasteiger partial charge >= 0.3 is 5.97 Å². The van der Waals surface area contributed by atoms with Crippen molar-refractivity contribution in [1.82, 2.24) is 20.6 Å². The number of esters is 1. The number of hydrogen-bond acceptors (Lipinski definition) is 6. The van der Waals surface area contributed by atoms with Crippen LogP contribution in [-0.4, -0.2) is 40.3 Å². The van der Waals surface area contributed by atoms with E-state index in [1.165, 1.54) is 7.11 Å². The van der Waals surface area contributed by atoms with E-state index < -0.39 is 5.97 Å². The van der Waals surface area contributed by atoms with E-state index >= 15 is 0 Å². The van der Waals surface area contributed by atoms with Gasteiger partial charge in [-0.3, -0.25) is 0 Å². The Labute approximate surface area is 119 Å². The van der Waals surface area contributed by atoms with E-state index in [-0.39, 0.29) is 6.61 Å². The molecule has 106 valence electrons. The number of nitrogens with one attached hydrogen (secondary N) is 1. The lowest BCUT2D eigenvalue weighted by Crippen LogP contribution is -2.12. The van der Waals surface area contributed by atoms with Gasteiger partial charge in [-0.25, -0.2) is 4.79 Å². The summed E-state index contributed by atoms with van der Waals surface area (Å²) >= 11 is 0. The molecule has 0 unspecified atom stereocenters. The van der Waals surface area contributed by atoms with Gasteiger partial charge in [0.25, 0.3) is 0 Å². The second-order valence-electron chi connectivity index (χ2n) is 4.32. The topological polar surface area (TPSA) is 90.0 Å². The first-order valence-electron chi connectivity index (χ1n) is 6.23. The van der Waals surface area contributed by atoms with Gasteiger partial charge in [0.1, 0.15) is 5.75 Å². The van der Waals surface area contributed by atoms with Crippen molar-refractivity contribution < 1.29 is 14.3 Å². The number of fused-ring (bicyclic) bond motifs is 1. The maximum Gasteiger partial charge on any atom is 0.343 e. The summed E-state index contributed by atoms with van der Waals surface area (Å²) in [5, 5.41) is 15.9. The van der Waals surface area contributed by atoms with Crippen LogP contribution in [0.15, 0.2) is 36.4 Å². The predicted molar refractivity (Wildman–Crippen MR) is 74.6 cm³/mol. The van der Waals surface area contributed by atoms with Crippen molar-refractivity contribution in [1.29, 1.82) is 0 Å². The number of tetrazole rings is 1. The maximum atomic E-state index is 11.1. The number of rotatable bonds is 4. The minimum Gasteiger partial charge on any atom is -0.482 e. The molecule has 1 heterocycles. The molecule has 0 amide bonds. The second kappa shape index (κ2) is 5.58. The molecular formula is C14H12N4O3. The van der Waals surface area contributed by atoms with E-state index in [1.54, 1.807) is 6.07 Å². The number of H-pyrrole nitrogens is 1. The monoisotopic (exact) mass is 284 g/mol. The second-order valence-corrected chi connectivity index (χ2v) is 4.32. The van der Waals surface area contributed by atoms with Gasteiger partial charge in [0.05, 0.1) is 7.11 Å². The summed E-state index contributed by atoms with van der Waals surface area (Å²) in [4.78, 5) is 11.1. The lowest BCUT2D eigenvalue weighted by atomic mass is 10.1. The Bertz CT molecular complexity index is 771. The fourth-order valence-electron chi connectivity index (χ4n) is 1.94. The number of carbonyl (C=O) groups excluding carboxylic acids is 1. The molecule has 0 fully saturated rings. The highest BCUT2D eigenvalue weighted by Gasteiger charge is 2.06. The Hall–Kier alpha value is -2.96. The van der Waals surface area contributed by atoms with Gasteiger partial charge in [-0.1, -0.05) is 18.2 Å². The quantitative estimate of drug-likeness (QED) is 0.731. The average molecular weight is 284 g/mol. The van der Waals surface area contributed by atoms with E-state index in [0.717, 1.165) is 16.3 Å². The van der Waals surface area contributed by atoms with Crippen LogP contribution in [-0.2, 0) is 9.53 Å². The Balaban J connectivity index is 1.86. The molecule has 0 atom stereocenters. The molecule has 1 aromatic heterocycles. The zero-order chi connectivity index (χ0) is 14.7. The van der Waals surface area contributed by atoms with Crippen LogP contribution < -0.4 is 4.74 Å². The molecule has 0 aliphatic carbocycles. The molecule has 7 nitrogen and oxygen atoms in total. The zero-order valence-electron chi connectivity index (χ0n) is 11.2. The van der Waals surface area contributed by atoms with E-state index in [9.17, 15) is 4.79 Å². The standard InChI is InChI=1S/C14H12N4O3/c1-20-13(19)8-21-12-5-4-9-6-11(3-2-10(9)7-12)14-15-17-18-16-14/h2-7H,8H2,1H3,(H,15,16,17,18). The van der Waals surface area contributed by atoms with E-state index in [1.807, 2.05) is 30.3 Å². The summed E-state index contributed by atoms with van der Waals surface area (Å²) in [5.74, 6) is 0.741. The van der Waals surface area contributed by atoms with Crippen LogP contribution in [0.5, 0.6) is 5.75 Å². The molecule has 1 N–H and O–H groups in total. The summed E-state index contributed by atoms with van der Waals surface area (Å²) in [6, 6.07) is 11.4. The van der Waals surface area contributed by atoms with Crippen molar-refractivity contribution in [3.63, 3.8) is 0 Å². The Morgan fingerprint density at radius 3 is 2.76 bits per heavy atom. The highest BCUT2D eigenvalue weighted by atomic mass is 16.6. The largest absolute Gasteiger partial charge is 0.482 e. The first-order valence-corrected chi connectivity index (χ1v) is 6.23. The van der Waals surface area contributed by atoms with Crippen molar-refractivity contribution in [2.24, 2.45) is 0 Å². The number of hydrogen-bond donors (Lipinski definition) is 1. The van der Waals surface area contributed by atoms with Crippen molar-refractivity contribution in [3.8, 4) is 17.1 Å². The van der Waals surface area contributed by atoms with Crippen LogP contribution in [0.3, 0.4) is 0 Å². The summed E-state index contributed by atoms with van der Waals surface area (Å²) in [6.45, 7) is -0.108. The number of nitrogens with zero attached hydrogens (tertiary/aromatic N) is 3. The fraction of sp³-hybridized carbons (Fsp3) is 0.143. The van der Waals surface area contributed by atoms with E-state index in [2.05, 4.69) is 25.4 Å². The summed E-state index contributed by atoms with van der Waals surface area (Å²) in [6.07, 6.45) is 0. The van der Waals surface area contributed by atoms with Crippen molar-refractivity contribution in [2.45, 2.75) is 0 Å². The molecule has 0 bridgehead atoms. The molecular weight excluding hydrogens is 272 g/mol. The van der Waals surface area contributed by atoms with Gasteiger partial charge in [0.2, 0.25) is 5.82 Å². The normalized spacial score (nSPS) is 10.5. The van der Waals surface area contributed by atoms with Gasteiger partial charge < -0.3 is 9.47 Å². The molecule has 21 heavy (non-hydrogen) atoms. The third-order valence-corrected chi connectivity index (χ3v) is 3.00. The van der Waals surface area contributed by atoms with Crippen molar-refractivity contribution in [2.75, 3.05) is 13.7 Å². The lowest BCUT2D eigenvalue weighted by molar-refractivity contribution is -0.142. The average Bonchev–Trinajstić information content (AvgIpc) is 3.06. The lowest BCUT2D eigenvalue weighted by Gasteiger charge is -2.06. The number of benzene rings is 2. The highest BCUT2D eigenvalue weighted by molar-refractivity contribution is 5.87. The third kappa shape index (κ3) is 2.81. The predicted octanol–water partition coefficient (Wildman–Crippen LogP) is 1.57. The van der Waals surface area contributed by atoms with Crippen LogP contribution in [0, 0.1) is 0 Å². The fourth-order valence-corrected chi connectivity index (χ4v) is 1.94. The van der Waals surface area contributed by atoms with Crippen LogP contribution in [0.2, 0.25) is 0 Å². The van der Waals surface area contributed by atoms with Crippen molar-refractivity contribution in [3.05, 3.63) is 36.4 Å². The number of aromatic nitrogens is 4. The Morgan fingerprint density at radius 2 is 2.00 bits per heavy atom. The van der Waals surface area contributed by atoms with Crippen molar-refractivity contribution >= 4 is 16.7 Å². The van der Waals surface area contributed by atoms with Gasteiger partial charge in [0.15, 0.2) is 6.61 Å². The van der Waals surface area contributed by atoms with E-state index in [4.69, 9.17) is 4.74 Å². The van der Waals surface area contributed by atoms with Gasteiger partial charge in [-0.05, 0) is 34.2 Å². The minimum atomic E-state index is -0.414. The minimum absolute atomic E-state index is 0.108. The molecule has 0 spiro atoms. The third-order valence-electron chi connectivity index (χ3n) is 3.00. The number of methoxy groups -OCH3 is 1. The molecule has 0 aliphatic heterocycles. The molecule has 2 aromatic carbocycles. The van der Waals surface area contributed by atoms with Gasteiger partial charge in [-0.15, -0.1) is 10.2 Å². The number of aromatic amines is 1. The number of ether oxygens (including phenoxy) is 2. The van der Waals surface area contributed by atoms with Crippen LogP contribution >= 0.6 is 0 Å². The van der Waals surface area contributed by atoms with Crippen LogP contribution in [0.1, 0.15) is 0 Å². The Kier molecular flexibility index (Phi) is 3.46. The highest BCUT2D eigenvalue weighted by Crippen LogP contribution is 2.25. The first-order chi connectivity index (χ1) is 10.3. The smallest absolute Gasteiger partial charge is 0.343 e. The molecule has 0 saturated heterocycles. The zero-order valence-corrected chi connectivity index (χ0v) is 11.2. The van der Waals surface area contributed by atoms with Crippen LogP contribution in [0.25, 0.3) is 22.2 Å².